The Labute approximate surface area is 131 Å². The molecule has 2 aliphatic rings. The third-order valence-corrected chi connectivity index (χ3v) is 4.65. The SMILES string of the molecule is O=C(c1ccnc(OC2CCCCC2)c1)N1CCC(CO)C1. The zero-order valence-corrected chi connectivity index (χ0v) is 12.9. The van der Waals surface area contributed by atoms with E-state index in [-0.39, 0.29) is 24.5 Å². The molecule has 2 fully saturated rings. The van der Waals surface area contributed by atoms with Crippen molar-refractivity contribution in [3.8, 4) is 5.88 Å². The van der Waals surface area contributed by atoms with E-state index in [9.17, 15) is 9.90 Å². The minimum absolute atomic E-state index is 0.00634. The Morgan fingerprint density at radius 1 is 1.32 bits per heavy atom. The molecule has 0 spiro atoms. The van der Waals surface area contributed by atoms with E-state index in [0.717, 1.165) is 19.3 Å². The van der Waals surface area contributed by atoms with E-state index in [1.165, 1.54) is 19.3 Å². The second-order valence-corrected chi connectivity index (χ2v) is 6.35. The van der Waals surface area contributed by atoms with E-state index in [4.69, 9.17) is 4.74 Å². The topological polar surface area (TPSA) is 62.7 Å². The number of carbonyl (C=O) groups excluding carboxylic acids is 1. The molecular formula is C17H24N2O3. The molecule has 0 radical (unpaired) electrons. The molecule has 5 nitrogen and oxygen atoms in total. The zero-order valence-electron chi connectivity index (χ0n) is 12.9. The smallest absolute Gasteiger partial charge is 0.254 e. The highest BCUT2D eigenvalue weighted by molar-refractivity contribution is 5.94. The summed E-state index contributed by atoms with van der Waals surface area (Å²) in [7, 11) is 0. The van der Waals surface area contributed by atoms with Gasteiger partial charge >= 0.3 is 0 Å². The summed E-state index contributed by atoms with van der Waals surface area (Å²) in [6, 6.07) is 3.49. The number of carbonyl (C=O) groups is 1. The van der Waals surface area contributed by atoms with Gasteiger partial charge < -0.3 is 14.7 Å². The summed E-state index contributed by atoms with van der Waals surface area (Å²) < 4.78 is 5.93. The summed E-state index contributed by atoms with van der Waals surface area (Å²) in [5.74, 6) is 0.770. The normalized spacial score (nSPS) is 22.8. The number of aliphatic hydroxyl groups is 1. The lowest BCUT2D eigenvalue weighted by Crippen LogP contribution is -2.29. The monoisotopic (exact) mass is 304 g/mol. The van der Waals surface area contributed by atoms with E-state index >= 15 is 0 Å². The first-order valence-corrected chi connectivity index (χ1v) is 8.29. The molecule has 120 valence electrons. The van der Waals surface area contributed by atoms with Gasteiger partial charge in [0.1, 0.15) is 6.10 Å². The molecule has 0 aromatic carbocycles. The molecule has 1 unspecified atom stereocenters. The Kier molecular flexibility index (Phi) is 4.93. The summed E-state index contributed by atoms with van der Waals surface area (Å²) >= 11 is 0. The van der Waals surface area contributed by atoms with E-state index in [1.807, 2.05) is 0 Å². The van der Waals surface area contributed by atoms with Crippen molar-refractivity contribution < 1.29 is 14.6 Å². The third kappa shape index (κ3) is 3.58. The van der Waals surface area contributed by atoms with Gasteiger partial charge in [0, 0.05) is 43.4 Å². The number of likely N-dealkylation sites (tertiary alicyclic amines) is 1. The second kappa shape index (κ2) is 7.09. The Morgan fingerprint density at radius 3 is 2.86 bits per heavy atom. The molecule has 1 aromatic heterocycles. The lowest BCUT2D eigenvalue weighted by molar-refractivity contribution is 0.0780. The molecule has 1 atom stereocenters. The van der Waals surface area contributed by atoms with Crippen LogP contribution in [-0.4, -0.2) is 46.7 Å². The fourth-order valence-corrected chi connectivity index (χ4v) is 3.31. The van der Waals surface area contributed by atoms with Crippen LogP contribution < -0.4 is 4.74 Å². The van der Waals surface area contributed by atoms with Crippen molar-refractivity contribution in [1.29, 1.82) is 0 Å². The van der Waals surface area contributed by atoms with Crippen LogP contribution in [0.4, 0.5) is 0 Å². The summed E-state index contributed by atoms with van der Waals surface area (Å²) in [6.07, 6.45) is 8.60. The van der Waals surface area contributed by atoms with E-state index in [1.54, 1.807) is 23.2 Å². The predicted molar refractivity (Wildman–Crippen MR) is 82.8 cm³/mol. The highest BCUT2D eigenvalue weighted by Crippen LogP contribution is 2.24. The van der Waals surface area contributed by atoms with Gasteiger partial charge in [-0.1, -0.05) is 6.42 Å². The van der Waals surface area contributed by atoms with Crippen LogP contribution in [0.1, 0.15) is 48.9 Å². The van der Waals surface area contributed by atoms with Crippen molar-refractivity contribution in [2.24, 2.45) is 5.92 Å². The minimum Gasteiger partial charge on any atom is -0.474 e. The maximum absolute atomic E-state index is 12.5. The van der Waals surface area contributed by atoms with Crippen LogP contribution in [0.3, 0.4) is 0 Å². The molecule has 1 amide bonds. The number of pyridine rings is 1. The van der Waals surface area contributed by atoms with E-state index in [0.29, 0.717) is 24.5 Å². The first kappa shape index (κ1) is 15.3. The van der Waals surface area contributed by atoms with Gasteiger partial charge in [0.25, 0.3) is 5.91 Å². The maximum atomic E-state index is 12.5. The Hall–Kier alpha value is -1.62. The fourth-order valence-electron chi connectivity index (χ4n) is 3.31. The molecule has 5 heteroatoms. The Balaban J connectivity index is 1.64. The van der Waals surface area contributed by atoms with Gasteiger partial charge in [0.15, 0.2) is 0 Å². The van der Waals surface area contributed by atoms with Crippen LogP contribution in [0, 0.1) is 5.92 Å². The maximum Gasteiger partial charge on any atom is 0.254 e. The van der Waals surface area contributed by atoms with Crippen LogP contribution in [0.25, 0.3) is 0 Å². The van der Waals surface area contributed by atoms with Crippen molar-refractivity contribution in [1.82, 2.24) is 9.88 Å². The molecule has 1 saturated heterocycles. The van der Waals surface area contributed by atoms with Gasteiger partial charge in [-0.3, -0.25) is 4.79 Å². The highest BCUT2D eigenvalue weighted by Gasteiger charge is 2.26. The van der Waals surface area contributed by atoms with Gasteiger partial charge in [-0.05, 0) is 38.2 Å². The molecule has 3 rings (SSSR count). The van der Waals surface area contributed by atoms with Gasteiger partial charge in [-0.2, -0.15) is 0 Å². The van der Waals surface area contributed by atoms with E-state index < -0.39 is 0 Å². The molecule has 1 saturated carbocycles. The molecule has 1 aliphatic carbocycles. The van der Waals surface area contributed by atoms with Crippen LogP contribution in [0.2, 0.25) is 0 Å². The molecule has 1 N–H and O–H groups in total. The average Bonchev–Trinajstić information content (AvgIpc) is 3.04. The molecular weight excluding hydrogens is 280 g/mol. The Morgan fingerprint density at radius 2 is 2.14 bits per heavy atom. The van der Waals surface area contributed by atoms with Gasteiger partial charge in [0.2, 0.25) is 5.88 Å². The van der Waals surface area contributed by atoms with Crippen molar-refractivity contribution in [2.45, 2.75) is 44.6 Å². The largest absolute Gasteiger partial charge is 0.474 e. The van der Waals surface area contributed by atoms with Crippen molar-refractivity contribution >= 4 is 5.91 Å². The van der Waals surface area contributed by atoms with Crippen LogP contribution in [0.15, 0.2) is 18.3 Å². The predicted octanol–water partition coefficient (Wildman–Crippen LogP) is 2.25. The highest BCUT2D eigenvalue weighted by atomic mass is 16.5. The number of rotatable bonds is 4. The summed E-state index contributed by atoms with van der Waals surface area (Å²) in [6.45, 7) is 1.50. The third-order valence-electron chi connectivity index (χ3n) is 4.65. The fraction of sp³-hybridized carbons (Fsp3) is 0.647. The van der Waals surface area contributed by atoms with Crippen molar-refractivity contribution in [3.63, 3.8) is 0 Å². The summed E-state index contributed by atoms with van der Waals surface area (Å²) in [5.41, 5.74) is 0.624. The molecule has 1 aromatic rings. The van der Waals surface area contributed by atoms with Crippen LogP contribution in [0.5, 0.6) is 5.88 Å². The minimum atomic E-state index is 0.00634. The number of aliphatic hydroxyl groups excluding tert-OH is 1. The van der Waals surface area contributed by atoms with Gasteiger partial charge in [-0.15, -0.1) is 0 Å². The summed E-state index contributed by atoms with van der Waals surface area (Å²) in [5, 5.41) is 9.19. The van der Waals surface area contributed by atoms with Crippen LogP contribution >= 0.6 is 0 Å². The van der Waals surface area contributed by atoms with Crippen molar-refractivity contribution in [2.75, 3.05) is 19.7 Å². The molecule has 2 heterocycles. The molecule has 1 aliphatic heterocycles. The number of hydrogen-bond acceptors (Lipinski definition) is 4. The molecule has 0 bridgehead atoms. The first-order chi connectivity index (χ1) is 10.8. The van der Waals surface area contributed by atoms with Gasteiger partial charge in [0.05, 0.1) is 0 Å². The summed E-state index contributed by atoms with van der Waals surface area (Å²) in [4.78, 5) is 18.6. The van der Waals surface area contributed by atoms with Gasteiger partial charge in [-0.25, -0.2) is 4.98 Å². The quantitative estimate of drug-likeness (QED) is 0.926. The second-order valence-electron chi connectivity index (χ2n) is 6.35. The standard InChI is InChI=1S/C17H24N2O3/c20-12-13-7-9-19(11-13)17(21)14-6-8-18-16(10-14)22-15-4-2-1-3-5-15/h6,8,10,13,15,20H,1-5,7,9,11-12H2. The number of aromatic nitrogens is 1. The van der Waals surface area contributed by atoms with Crippen molar-refractivity contribution in [3.05, 3.63) is 23.9 Å². The average molecular weight is 304 g/mol. The van der Waals surface area contributed by atoms with E-state index in [2.05, 4.69) is 4.98 Å². The number of ether oxygens (including phenoxy) is 1. The Bertz CT molecular complexity index is 514. The first-order valence-electron chi connectivity index (χ1n) is 8.29. The van der Waals surface area contributed by atoms with Crippen LogP contribution in [-0.2, 0) is 0 Å². The number of amides is 1. The number of hydrogen-bond donors (Lipinski definition) is 1. The molecule has 22 heavy (non-hydrogen) atoms. The zero-order chi connectivity index (χ0) is 15.4. The lowest BCUT2D eigenvalue weighted by atomic mass is 9.98. The lowest BCUT2D eigenvalue weighted by Gasteiger charge is -2.22. The number of nitrogens with zero attached hydrogens (tertiary/aromatic N) is 2.